The summed E-state index contributed by atoms with van der Waals surface area (Å²) in [6.45, 7) is 8.26. The van der Waals surface area contributed by atoms with E-state index in [9.17, 15) is 13.2 Å². The number of carbonyl (C=O) groups is 1. The minimum absolute atomic E-state index is 0.117. The summed E-state index contributed by atoms with van der Waals surface area (Å²) in [6, 6.07) is 3.81. The van der Waals surface area contributed by atoms with Gasteiger partial charge in [0.25, 0.3) is 0 Å². The predicted molar refractivity (Wildman–Crippen MR) is 90.0 cm³/mol. The third-order valence-corrected chi connectivity index (χ3v) is 4.85. The van der Waals surface area contributed by atoms with Crippen molar-refractivity contribution in [3.63, 3.8) is 0 Å². The average molecular weight is 342 g/mol. The van der Waals surface area contributed by atoms with Crippen molar-refractivity contribution in [2.45, 2.75) is 51.5 Å². The smallest absolute Gasteiger partial charge is 0.241 e. The van der Waals surface area contributed by atoms with Crippen LogP contribution in [0.3, 0.4) is 0 Å². The van der Waals surface area contributed by atoms with Gasteiger partial charge in [0.05, 0.1) is 17.5 Å². The lowest BCUT2D eigenvalue weighted by Gasteiger charge is -2.15. The molecule has 0 fully saturated rings. The standard InChI is InChI=1S/C16H26N2O4S/c1-5-7-10-17-16(19)13(4)18-23(20,21)14-8-9-15(22-6-2)12(3)11-14/h8-9,11,13,18H,5-7,10H2,1-4H3,(H,17,19)/t13-/m1/s1. The Kier molecular flexibility index (Phi) is 7.51. The fourth-order valence-corrected chi connectivity index (χ4v) is 3.29. The van der Waals surface area contributed by atoms with Crippen LogP contribution in [-0.4, -0.2) is 33.5 Å². The molecule has 0 aromatic heterocycles. The maximum atomic E-state index is 12.4. The summed E-state index contributed by atoms with van der Waals surface area (Å²) in [5.41, 5.74) is 0.731. The van der Waals surface area contributed by atoms with Crippen molar-refractivity contribution in [3.05, 3.63) is 23.8 Å². The number of benzene rings is 1. The normalized spacial score (nSPS) is 12.7. The monoisotopic (exact) mass is 342 g/mol. The van der Waals surface area contributed by atoms with Crippen LogP contribution in [-0.2, 0) is 14.8 Å². The second-order valence-electron chi connectivity index (χ2n) is 5.35. The molecule has 23 heavy (non-hydrogen) atoms. The Morgan fingerprint density at radius 3 is 2.57 bits per heavy atom. The summed E-state index contributed by atoms with van der Waals surface area (Å²) in [4.78, 5) is 12.0. The topological polar surface area (TPSA) is 84.5 Å². The fraction of sp³-hybridized carbons (Fsp3) is 0.562. The molecular weight excluding hydrogens is 316 g/mol. The van der Waals surface area contributed by atoms with Gasteiger partial charge in [-0.05, 0) is 51.0 Å². The van der Waals surface area contributed by atoms with Crippen molar-refractivity contribution < 1.29 is 17.9 Å². The molecule has 0 aliphatic carbocycles. The highest BCUT2D eigenvalue weighted by molar-refractivity contribution is 7.89. The summed E-state index contributed by atoms with van der Waals surface area (Å²) in [7, 11) is -3.76. The van der Waals surface area contributed by atoms with E-state index in [4.69, 9.17) is 4.74 Å². The lowest BCUT2D eigenvalue weighted by atomic mass is 10.2. The van der Waals surface area contributed by atoms with Crippen LogP contribution in [0.1, 0.15) is 39.2 Å². The average Bonchev–Trinajstić information content (AvgIpc) is 2.49. The van der Waals surface area contributed by atoms with Crippen LogP contribution < -0.4 is 14.8 Å². The molecule has 0 bridgehead atoms. The van der Waals surface area contributed by atoms with Crippen LogP contribution in [0.2, 0.25) is 0 Å². The van der Waals surface area contributed by atoms with E-state index >= 15 is 0 Å². The molecule has 0 aliphatic heterocycles. The molecule has 0 saturated heterocycles. The molecule has 1 amide bonds. The van der Waals surface area contributed by atoms with Gasteiger partial charge < -0.3 is 10.1 Å². The third-order valence-electron chi connectivity index (χ3n) is 3.31. The lowest BCUT2D eigenvalue weighted by Crippen LogP contribution is -2.44. The van der Waals surface area contributed by atoms with Crippen molar-refractivity contribution in [1.29, 1.82) is 0 Å². The van der Waals surface area contributed by atoms with Crippen molar-refractivity contribution in [2.24, 2.45) is 0 Å². The van der Waals surface area contributed by atoms with Crippen molar-refractivity contribution in [1.82, 2.24) is 10.0 Å². The number of sulfonamides is 1. The fourth-order valence-electron chi connectivity index (χ4n) is 2.00. The molecular formula is C16H26N2O4S. The molecule has 6 nitrogen and oxygen atoms in total. The van der Waals surface area contributed by atoms with Crippen LogP contribution in [0.25, 0.3) is 0 Å². The van der Waals surface area contributed by atoms with Gasteiger partial charge in [0.2, 0.25) is 15.9 Å². The minimum atomic E-state index is -3.76. The molecule has 0 saturated carbocycles. The molecule has 1 rings (SSSR count). The largest absolute Gasteiger partial charge is 0.494 e. The van der Waals surface area contributed by atoms with E-state index in [0.29, 0.717) is 18.9 Å². The number of aryl methyl sites for hydroxylation is 1. The van der Waals surface area contributed by atoms with E-state index < -0.39 is 16.1 Å². The van der Waals surface area contributed by atoms with Gasteiger partial charge >= 0.3 is 0 Å². The second kappa shape index (κ2) is 8.88. The van der Waals surface area contributed by atoms with Gasteiger partial charge in [0.15, 0.2) is 0 Å². The number of rotatable bonds is 9. The third kappa shape index (κ3) is 5.84. The first kappa shape index (κ1) is 19.4. The first-order valence-electron chi connectivity index (χ1n) is 7.85. The molecule has 130 valence electrons. The molecule has 7 heteroatoms. The zero-order valence-electron chi connectivity index (χ0n) is 14.2. The summed E-state index contributed by atoms with van der Waals surface area (Å²) in [5.74, 6) is 0.321. The van der Waals surface area contributed by atoms with Crippen LogP contribution in [0, 0.1) is 6.92 Å². The Bertz CT molecular complexity index is 629. The summed E-state index contributed by atoms with van der Waals surface area (Å²) in [5, 5.41) is 2.71. The Labute approximate surface area is 138 Å². The van der Waals surface area contributed by atoms with Crippen LogP contribution in [0.15, 0.2) is 23.1 Å². The van der Waals surface area contributed by atoms with E-state index in [2.05, 4.69) is 10.0 Å². The van der Waals surface area contributed by atoms with Crippen molar-refractivity contribution in [3.8, 4) is 5.75 Å². The summed E-state index contributed by atoms with van der Waals surface area (Å²) >= 11 is 0. The second-order valence-corrected chi connectivity index (χ2v) is 7.06. The van der Waals surface area contributed by atoms with E-state index in [-0.39, 0.29) is 10.8 Å². The Hall–Kier alpha value is -1.60. The van der Waals surface area contributed by atoms with Gasteiger partial charge in [-0.3, -0.25) is 4.79 Å². The molecule has 0 unspecified atom stereocenters. The highest BCUT2D eigenvalue weighted by Crippen LogP contribution is 2.21. The zero-order valence-corrected chi connectivity index (χ0v) is 15.0. The Morgan fingerprint density at radius 2 is 2.00 bits per heavy atom. The van der Waals surface area contributed by atoms with Crippen LogP contribution in [0.5, 0.6) is 5.75 Å². The van der Waals surface area contributed by atoms with E-state index in [0.717, 1.165) is 18.4 Å². The summed E-state index contributed by atoms with van der Waals surface area (Å²) in [6.07, 6.45) is 1.83. The number of unbranched alkanes of at least 4 members (excludes halogenated alkanes) is 1. The zero-order chi connectivity index (χ0) is 17.5. The first-order valence-corrected chi connectivity index (χ1v) is 9.33. The summed E-state index contributed by atoms with van der Waals surface area (Å²) < 4.78 is 32.5. The van der Waals surface area contributed by atoms with Crippen molar-refractivity contribution >= 4 is 15.9 Å². The number of hydrogen-bond acceptors (Lipinski definition) is 4. The number of nitrogens with one attached hydrogen (secondary N) is 2. The Morgan fingerprint density at radius 1 is 1.30 bits per heavy atom. The number of ether oxygens (including phenoxy) is 1. The highest BCUT2D eigenvalue weighted by atomic mass is 32.2. The van der Waals surface area contributed by atoms with Gasteiger partial charge in [0, 0.05) is 6.54 Å². The molecule has 1 aromatic carbocycles. The van der Waals surface area contributed by atoms with Gasteiger partial charge in [-0.1, -0.05) is 13.3 Å². The first-order chi connectivity index (χ1) is 10.8. The highest BCUT2D eigenvalue weighted by Gasteiger charge is 2.22. The van der Waals surface area contributed by atoms with Crippen LogP contribution in [0.4, 0.5) is 0 Å². The van der Waals surface area contributed by atoms with Gasteiger partial charge in [-0.15, -0.1) is 0 Å². The number of amides is 1. The van der Waals surface area contributed by atoms with E-state index in [1.54, 1.807) is 13.0 Å². The quantitative estimate of drug-likeness (QED) is 0.672. The molecule has 2 N–H and O–H groups in total. The number of carbonyl (C=O) groups excluding carboxylic acids is 1. The van der Waals surface area contributed by atoms with E-state index in [1.165, 1.54) is 19.1 Å². The molecule has 0 radical (unpaired) electrons. The molecule has 0 spiro atoms. The number of hydrogen-bond donors (Lipinski definition) is 2. The van der Waals surface area contributed by atoms with Gasteiger partial charge in [-0.2, -0.15) is 4.72 Å². The van der Waals surface area contributed by atoms with Crippen LogP contribution >= 0.6 is 0 Å². The lowest BCUT2D eigenvalue weighted by molar-refractivity contribution is -0.122. The molecule has 0 heterocycles. The minimum Gasteiger partial charge on any atom is -0.494 e. The van der Waals surface area contributed by atoms with Crippen molar-refractivity contribution in [2.75, 3.05) is 13.2 Å². The predicted octanol–water partition coefficient (Wildman–Crippen LogP) is 1.98. The maximum absolute atomic E-state index is 12.4. The Balaban J connectivity index is 2.78. The molecule has 0 aliphatic rings. The molecule has 1 atom stereocenters. The SMILES string of the molecule is CCCCNC(=O)[C@@H](C)NS(=O)(=O)c1ccc(OCC)c(C)c1. The van der Waals surface area contributed by atoms with E-state index in [1.807, 2.05) is 13.8 Å². The van der Waals surface area contributed by atoms with Gasteiger partial charge in [0.1, 0.15) is 5.75 Å². The molecule has 1 aromatic rings. The van der Waals surface area contributed by atoms with Gasteiger partial charge in [-0.25, -0.2) is 8.42 Å². The maximum Gasteiger partial charge on any atom is 0.241 e.